The van der Waals surface area contributed by atoms with Gasteiger partial charge in [0.15, 0.2) is 11.6 Å². The van der Waals surface area contributed by atoms with E-state index in [0.717, 1.165) is 31.4 Å². The maximum Gasteiger partial charge on any atom is 0.253 e. The van der Waals surface area contributed by atoms with Gasteiger partial charge in [0.1, 0.15) is 0 Å². The fraction of sp³-hybridized carbons (Fsp3) is 0.357. The third-order valence-electron chi connectivity index (χ3n) is 3.27. The molecule has 19 heavy (non-hydrogen) atoms. The number of nitrogen functional groups attached to an aromatic ring is 1. The van der Waals surface area contributed by atoms with E-state index in [2.05, 4.69) is 17.5 Å². The molecule has 0 aromatic heterocycles. The maximum absolute atomic E-state index is 13.1. The van der Waals surface area contributed by atoms with E-state index in [1.54, 1.807) is 0 Å². The summed E-state index contributed by atoms with van der Waals surface area (Å²) in [5.74, 6) is -2.20. The summed E-state index contributed by atoms with van der Waals surface area (Å²) in [6.07, 6.45) is 7.16. The molecular formula is C14H16F2N2O. The first kappa shape index (κ1) is 13.5. The summed E-state index contributed by atoms with van der Waals surface area (Å²) < 4.78 is 26.0. The SMILES string of the molecule is Nc1cc(F)c(F)cc1C(=O)NCC1CC=CCC1. The van der Waals surface area contributed by atoms with Crippen LogP contribution in [-0.4, -0.2) is 12.5 Å². The van der Waals surface area contributed by atoms with Crippen molar-refractivity contribution in [3.05, 3.63) is 41.5 Å². The van der Waals surface area contributed by atoms with Gasteiger partial charge in [-0.25, -0.2) is 8.78 Å². The minimum absolute atomic E-state index is 0.0229. The number of carbonyl (C=O) groups excluding carboxylic acids is 1. The van der Waals surface area contributed by atoms with Gasteiger partial charge in [-0.3, -0.25) is 4.79 Å². The van der Waals surface area contributed by atoms with E-state index in [9.17, 15) is 13.6 Å². The standard InChI is InChI=1S/C14H16F2N2O/c15-11-6-10(13(17)7-12(11)16)14(19)18-8-9-4-2-1-3-5-9/h1-2,6-7,9H,3-5,8,17H2,(H,18,19). The Bertz CT molecular complexity index is 514. The van der Waals surface area contributed by atoms with Crippen molar-refractivity contribution in [1.82, 2.24) is 5.32 Å². The lowest BCUT2D eigenvalue weighted by Crippen LogP contribution is -2.30. The van der Waals surface area contributed by atoms with Gasteiger partial charge in [0.05, 0.1) is 5.56 Å². The van der Waals surface area contributed by atoms with Crippen LogP contribution in [0, 0.1) is 17.6 Å². The van der Waals surface area contributed by atoms with Crippen molar-refractivity contribution in [2.24, 2.45) is 5.92 Å². The van der Waals surface area contributed by atoms with Crippen molar-refractivity contribution in [2.45, 2.75) is 19.3 Å². The van der Waals surface area contributed by atoms with Crippen LogP contribution in [0.5, 0.6) is 0 Å². The molecule has 0 heterocycles. The van der Waals surface area contributed by atoms with E-state index < -0.39 is 17.5 Å². The average Bonchev–Trinajstić information content (AvgIpc) is 2.41. The van der Waals surface area contributed by atoms with Gasteiger partial charge in [-0.15, -0.1) is 0 Å². The van der Waals surface area contributed by atoms with Crippen molar-refractivity contribution in [3.8, 4) is 0 Å². The molecule has 1 aliphatic rings. The normalized spacial score (nSPS) is 18.3. The number of nitrogens with one attached hydrogen (secondary N) is 1. The van der Waals surface area contributed by atoms with E-state index in [1.165, 1.54) is 0 Å². The van der Waals surface area contributed by atoms with Crippen LogP contribution in [0.25, 0.3) is 0 Å². The zero-order chi connectivity index (χ0) is 13.8. The molecule has 0 radical (unpaired) electrons. The van der Waals surface area contributed by atoms with Gasteiger partial charge in [-0.1, -0.05) is 12.2 Å². The van der Waals surface area contributed by atoms with E-state index in [0.29, 0.717) is 12.5 Å². The van der Waals surface area contributed by atoms with Crippen LogP contribution in [0.15, 0.2) is 24.3 Å². The molecule has 1 unspecified atom stereocenters. The smallest absolute Gasteiger partial charge is 0.253 e. The second-order valence-electron chi connectivity index (χ2n) is 4.71. The third-order valence-corrected chi connectivity index (χ3v) is 3.27. The number of nitrogens with two attached hydrogens (primary N) is 1. The second-order valence-corrected chi connectivity index (χ2v) is 4.71. The minimum Gasteiger partial charge on any atom is -0.398 e. The number of hydrogen-bond acceptors (Lipinski definition) is 2. The number of benzene rings is 1. The Morgan fingerprint density at radius 1 is 1.32 bits per heavy atom. The summed E-state index contributed by atoms with van der Waals surface area (Å²) in [6, 6.07) is 1.66. The molecule has 2 rings (SSSR count). The van der Waals surface area contributed by atoms with Gasteiger partial charge in [-0.05, 0) is 31.2 Å². The Morgan fingerprint density at radius 2 is 2.05 bits per heavy atom. The summed E-state index contributed by atoms with van der Waals surface area (Å²) in [7, 11) is 0. The molecule has 1 aromatic rings. The van der Waals surface area contributed by atoms with Crippen LogP contribution < -0.4 is 11.1 Å². The summed E-state index contributed by atoms with van der Waals surface area (Å²) >= 11 is 0. The van der Waals surface area contributed by atoms with Gasteiger partial charge in [0, 0.05) is 18.3 Å². The highest BCUT2D eigenvalue weighted by atomic mass is 19.2. The Morgan fingerprint density at radius 3 is 2.74 bits per heavy atom. The average molecular weight is 266 g/mol. The Balaban J connectivity index is 1.99. The number of amides is 1. The largest absolute Gasteiger partial charge is 0.398 e. The molecule has 102 valence electrons. The highest BCUT2D eigenvalue weighted by molar-refractivity contribution is 5.99. The van der Waals surface area contributed by atoms with Gasteiger partial charge < -0.3 is 11.1 Å². The van der Waals surface area contributed by atoms with E-state index in [1.807, 2.05) is 0 Å². The van der Waals surface area contributed by atoms with Crippen molar-refractivity contribution < 1.29 is 13.6 Å². The van der Waals surface area contributed by atoms with Crippen molar-refractivity contribution in [1.29, 1.82) is 0 Å². The predicted octanol–water partition coefficient (Wildman–Crippen LogP) is 2.63. The van der Waals surface area contributed by atoms with Gasteiger partial charge in [0.25, 0.3) is 5.91 Å². The monoisotopic (exact) mass is 266 g/mol. The summed E-state index contributed by atoms with van der Waals surface area (Å²) in [5.41, 5.74) is 5.44. The molecule has 0 spiro atoms. The molecule has 1 atom stereocenters. The fourth-order valence-corrected chi connectivity index (χ4v) is 2.13. The molecule has 3 N–H and O–H groups in total. The highest BCUT2D eigenvalue weighted by Crippen LogP contribution is 2.19. The van der Waals surface area contributed by atoms with Crippen molar-refractivity contribution in [2.75, 3.05) is 12.3 Å². The second kappa shape index (κ2) is 5.82. The van der Waals surface area contributed by atoms with Crippen molar-refractivity contribution in [3.63, 3.8) is 0 Å². The molecule has 5 heteroatoms. The number of anilines is 1. The third kappa shape index (κ3) is 3.30. The molecule has 0 aliphatic heterocycles. The topological polar surface area (TPSA) is 55.1 Å². The molecule has 1 aromatic carbocycles. The molecule has 1 aliphatic carbocycles. The maximum atomic E-state index is 13.1. The lowest BCUT2D eigenvalue weighted by molar-refractivity contribution is 0.0946. The van der Waals surface area contributed by atoms with Crippen LogP contribution in [0.1, 0.15) is 29.6 Å². The lowest BCUT2D eigenvalue weighted by Gasteiger charge is -2.18. The zero-order valence-corrected chi connectivity index (χ0v) is 10.5. The van der Waals surface area contributed by atoms with Gasteiger partial charge in [0.2, 0.25) is 0 Å². The van der Waals surface area contributed by atoms with Crippen LogP contribution in [0.3, 0.4) is 0 Å². The van der Waals surface area contributed by atoms with E-state index >= 15 is 0 Å². The number of carbonyl (C=O) groups is 1. The molecule has 0 saturated heterocycles. The van der Waals surface area contributed by atoms with E-state index in [-0.39, 0.29) is 11.3 Å². The van der Waals surface area contributed by atoms with Crippen molar-refractivity contribution >= 4 is 11.6 Å². The molecule has 1 amide bonds. The zero-order valence-electron chi connectivity index (χ0n) is 10.5. The number of allylic oxidation sites excluding steroid dienone is 2. The van der Waals surface area contributed by atoms with Crippen LogP contribution >= 0.6 is 0 Å². The predicted molar refractivity (Wildman–Crippen MR) is 69.6 cm³/mol. The summed E-state index contributed by atoms with van der Waals surface area (Å²) in [5, 5.41) is 2.71. The van der Waals surface area contributed by atoms with Crippen LogP contribution in [-0.2, 0) is 0 Å². The minimum atomic E-state index is -1.07. The van der Waals surface area contributed by atoms with Gasteiger partial charge in [-0.2, -0.15) is 0 Å². The molecule has 0 saturated carbocycles. The van der Waals surface area contributed by atoms with Crippen LogP contribution in [0.4, 0.5) is 14.5 Å². The first-order chi connectivity index (χ1) is 9.08. The number of hydrogen-bond donors (Lipinski definition) is 2. The molecular weight excluding hydrogens is 250 g/mol. The Labute approximate surface area is 110 Å². The number of halogens is 2. The molecule has 3 nitrogen and oxygen atoms in total. The van der Waals surface area contributed by atoms with Crippen LogP contribution in [0.2, 0.25) is 0 Å². The highest BCUT2D eigenvalue weighted by Gasteiger charge is 2.16. The molecule has 0 bridgehead atoms. The number of rotatable bonds is 3. The first-order valence-corrected chi connectivity index (χ1v) is 6.25. The Hall–Kier alpha value is -1.91. The van der Waals surface area contributed by atoms with Gasteiger partial charge >= 0.3 is 0 Å². The Kier molecular flexibility index (Phi) is 4.14. The lowest BCUT2D eigenvalue weighted by atomic mass is 9.94. The summed E-state index contributed by atoms with van der Waals surface area (Å²) in [6.45, 7) is 0.515. The summed E-state index contributed by atoms with van der Waals surface area (Å²) in [4.78, 5) is 11.9. The molecule has 0 fully saturated rings. The fourth-order valence-electron chi connectivity index (χ4n) is 2.13. The first-order valence-electron chi connectivity index (χ1n) is 6.25. The van der Waals surface area contributed by atoms with E-state index in [4.69, 9.17) is 5.73 Å². The quantitative estimate of drug-likeness (QED) is 0.652.